The molecule has 0 fully saturated rings. The summed E-state index contributed by atoms with van der Waals surface area (Å²) in [4.78, 5) is 19.4. The molecule has 0 spiro atoms. The van der Waals surface area contributed by atoms with Crippen molar-refractivity contribution in [2.24, 2.45) is 0 Å². The molecule has 0 aromatic carbocycles. The molecule has 0 saturated heterocycles. The summed E-state index contributed by atoms with van der Waals surface area (Å²) in [5.41, 5.74) is 0.450. The van der Waals surface area contributed by atoms with Crippen molar-refractivity contribution in [2.45, 2.75) is 26.0 Å². The molecule has 19 heavy (non-hydrogen) atoms. The largest absolute Gasteiger partial charge is 0.387 e. The van der Waals surface area contributed by atoms with E-state index in [0.29, 0.717) is 12.1 Å². The van der Waals surface area contributed by atoms with Crippen LogP contribution in [0.2, 0.25) is 0 Å². The quantitative estimate of drug-likeness (QED) is 0.794. The summed E-state index contributed by atoms with van der Waals surface area (Å²) in [5, 5.41) is 19.7. The predicted octanol–water partition coefficient (Wildman–Crippen LogP) is 0.150. The molecule has 0 aliphatic rings. The van der Waals surface area contributed by atoms with Crippen molar-refractivity contribution < 1.29 is 9.90 Å². The molecule has 0 bridgehead atoms. The van der Waals surface area contributed by atoms with Gasteiger partial charge in [0, 0.05) is 12.4 Å². The number of hydrogen-bond acceptors (Lipinski definition) is 6. The number of anilines is 1. The second kappa shape index (κ2) is 6.01. The highest BCUT2D eigenvalue weighted by Crippen LogP contribution is 2.11. The van der Waals surface area contributed by atoms with Gasteiger partial charge in [-0.25, -0.2) is 14.6 Å². The van der Waals surface area contributed by atoms with Crippen molar-refractivity contribution in [3.63, 3.8) is 0 Å². The summed E-state index contributed by atoms with van der Waals surface area (Å²) in [5.74, 6) is -0.0740. The van der Waals surface area contributed by atoms with Gasteiger partial charge in [0.2, 0.25) is 11.9 Å². The number of nitrogens with one attached hydrogen (secondary N) is 1. The van der Waals surface area contributed by atoms with Crippen LogP contribution >= 0.6 is 0 Å². The molecule has 1 amide bonds. The van der Waals surface area contributed by atoms with Gasteiger partial charge < -0.3 is 5.11 Å². The first kappa shape index (κ1) is 13.1. The Morgan fingerprint density at radius 2 is 2.21 bits per heavy atom. The van der Waals surface area contributed by atoms with E-state index in [-0.39, 0.29) is 18.4 Å². The van der Waals surface area contributed by atoms with E-state index in [2.05, 4.69) is 25.6 Å². The van der Waals surface area contributed by atoms with Gasteiger partial charge in [0.15, 0.2) is 0 Å². The molecule has 0 aliphatic heterocycles. The SMILES string of the molecule is CCC(O)c1cn(CC(=O)Nc2ncccn2)nn1. The summed E-state index contributed by atoms with van der Waals surface area (Å²) in [7, 11) is 0. The van der Waals surface area contributed by atoms with Crippen LogP contribution in [0.1, 0.15) is 25.1 Å². The van der Waals surface area contributed by atoms with Crippen molar-refractivity contribution in [3.8, 4) is 0 Å². The van der Waals surface area contributed by atoms with Gasteiger partial charge in [-0.1, -0.05) is 12.1 Å². The van der Waals surface area contributed by atoms with E-state index in [4.69, 9.17) is 0 Å². The number of nitrogens with zero attached hydrogens (tertiary/aromatic N) is 5. The molecule has 8 heteroatoms. The number of carbonyl (C=O) groups excluding carboxylic acids is 1. The number of aliphatic hydroxyl groups is 1. The number of hydrogen-bond donors (Lipinski definition) is 2. The third kappa shape index (κ3) is 3.55. The molecule has 8 nitrogen and oxygen atoms in total. The summed E-state index contributed by atoms with van der Waals surface area (Å²) in [6.07, 6.45) is 4.50. The Balaban J connectivity index is 1.94. The molecule has 0 aliphatic carbocycles. The van der Waals surface area contributed by atoms with Crippen LogP contribution < -0.4 is 5.32 Å². The molecule has 1 unspecified atom stereocenters. The molecular weight excluding hydrogens is 248 g/mol. The first-order valence-corrected chi connectivity index (χ1v) is 5.84. The van der Waals surface area contributed by atoms with Gasteiger partial charge in [0.05, 0.1) is 12.3 Å². The van der Waals surface area contributed by atoms with Crippen LogP contribution in [-0.2, 0) is 11.3 Å². The highest BCUT2D eigenvalue weighted by molar-refractivity contribution is 5.88. The van der Waals surface area contributed by atoms with Crippen molar-refractivity contribution in [3.05, 3.63) is 30.4 Å². The van der Waals surface area contributed by atoms with Gasteiger partial charge in [0.25, 0.3) is 0 Å². The predicted molar refractivity (Wildman–Crippen MR) is 65.9 cm³/mol. The molecule has 0 saturated carbocycles. The topological polar surface area (TPSA) is 106 Å². The lowest BCUT2D eigenvalue weighted by Crippen LogP contribution is -2.20. The Morgan fingerprint density at radius 3 is 2.89 bits per heavy atom. The molecule has 2 rings (SSSR count). The number of aliphatic hydroxyl groups excluding tert-OH is 1. The molecule has 2 aromatic rings. The van der Waals surface area contributed by atoms with E-state index in [9.17, 15) is 9.90 Å². The van der Waals surface area contributed by atoms with E-state index < -0.39 is 6.10 Å². The van der Waals surface area contributed by atoms with Gasteiger partial charge >= 0.3 is 0 Å². The van der Waals surface area contributed by atoms with Crippen LogP contribution in [0.25, 0.3) is 0 Å². The number of aromatic nitrogens is 5. The number of rotatable bonds is 5. The zero-order valence-electron chi connectivity index (χ0n) is 10.4. The second-order valence-electron chi connectivity index (χ2n) is 3.89. The zero-order chi connectivity index (χ0) is 13.7. The molecular formula is C11H14N6O2. The molecule has 1 atom stereocenters. The summed E-state index contributed by atoms with van der Waals surface area (Å²) in [6.45, 7) is 1.82. The minimum Gasteiger partial charge on any atom is -0.387 e. The lowest BCUT2D eigenvalue weighted by molar-refractivity contribution is -0.117. The minimum absolute atomic E-state index is 0.0122. The van der Waals surface area contributed by atoms with Crippen LogP contribution in [0.3, 0.4) is 0 Å². The van der Waals surface area contributed by atoms with Crippen LogP contribution in [-0.4, -0.2) is 36.0 Å². The van der Waals surface area contributed by atoms with Crippen LogP contribution in [0.15, 0.2) is 24.7 Å². The Labute approximate surface area is 109 Å². The fourth-order valence-electron chi connectivity index (χ4n) is 1.43. The Morgan fingerprint density at radius 1 is 1.47 bits per heavy atom. The highest BCUT2D eigenvalue weighted by atomic mass is 16.3. The monoisotopic (exact) mass is 262 g/mol. The van der Waals surface area contributed by atoms with Gasteiger partial charge in [-0.15, -0.1) is 5.10 Å². The third-order valence-corrected chi connectivity index (χ3v) is 2.41. The first-order valence-electron chi connectivity index (χ1n) is 5.84. The van der Waals surface area contributed by atoms with E-state index in [1.165, 1.54) is 17.1 Å². The Kier molecular flexibility index (Phi) is 4.14. The van der Waals surface area contributed by atoms with Gasteiger partial charge in [-0.05, 0) is 12.5 Å². The van der Waals surface area contributed by atoms with Gasteiger partial charge in [-0.3, -0.25) is 10.1 Å². The Bertz CT molecular complexity index is 541. The zero-order valence-corrected chi connectivity index (χ0v) is 10.4. The van der Waals surface area contributed by atoms with Crippen LogP contribution in [0, 0.1) is 0 Å². The second-order valence-corrected chi connectivity index (χ2v) is 3.89. The maximum absolute atomic E-state index is 11.7. The summed E-state index contributed by atoms with van der Waals surface area (Å²) < 4.78 is 1.35. The van der Waals surface area contributed by atoms with Crippen molar-refractivity contribution in [1.29, 1.82) is 0 Å². The molecule has 2 aromatic heterocycles. The summed E-state index contributed by atoms with van der Waals surface area (Å²) in [6, 6.07) is 1.66. The molecule has 2 N–H and O–H groups in total. The van der Waals surface area contributed by atoms with Crippen LogP contribution in [0.5, 0.6) is 0 Å². The lowest BCUT2D eigenvalue weighted by atomic mass is 10.2. The molecule has 2 heterocycles. The molecule has 0 radical (unpaired) electrons. The first-order chi connectivity index (χ1) is 9.19. The lowest BCUT2D eigenvalue weighted by Gasteiger charge is -2.02. The Hall–Kier alpha value is -2.35. The van der Waals surface area contributed by atoms with Crippen molar-refractivity contribution >= 4 is 11.9 Å². The van der Waals surface area contributed by atoms with Crippen molar-refractivity contribution in [2.75, 3.05) is 5.32 Å². The highest BCUT2D eigenvalue weighted by Gasteiger charge is 2.11. The number of amides is 1. The fraction of sp³-hybridized carbons (Fsp3) is 0.364. The van der Waals surface area contributed by atoms with Crippen molar-refractivity contribution in [1.82, 2.24) is 25.0 Å². The normalized spacial score (nSPS) is 12.1. The van der Waals surface area contributed by atoms with Gasteiger partial charge in [0.1, 0.15) is 12.2 Å². The maximum atomic E-state index is 11.7. The minimum atomic E-state index is -0.658. The molecule has 100 valence electrons. The smallest absolute Gasteiger partial charge is 0.248 e. The third-order valence-electron chi connectivity index (χ3n) is 2.41. The standard InChI is InChI=1S/C11H14N6O2/c1-2-9(18)8-6-17(16-15-8)7-10(19)14-11-12-4-3-5-13-11/h3-6,9,18H,2,7H2,1H3,(H,12,13,14,19). The summed E-state index contributed by atoms with van der Waals surface area (Å²) >= 11 is 0. The average Bonchev–Trinajstić information content (AvgIpc) is 2.87. The van der Waals surface area contributed by atoms with E-state index in [0.717, 1.165) is 0 Å². The fourth-order valence-corrected chi connectivity index (χ4v) is 1.43. The van der Waals surface area contributed by atoms with Crippen LogP contribution in [0.4, 0.5) is 5.95 Å². The van der Waals surface area contributed by atoms with Gasteiger partial charge in [-0.2, -0.15) is 0 Å². The number of carbonyl (C=O) groups is 1. The van der Waals surface area contributed by atoms with E-state index in [1.54, 1.807) is 12.3 Å². The maximum Gasteiger partial charge on any atom is 0.248 e. The average molecular weight is 262 g/mol. The van der Waals surface area contributed by atoms with E-state index in [1.807, 2.05) is 6.92 Å². The van der Waals surface area contributed by atoms with E-state index >= 15 is 0 Å².